The van der Waals surface area contributed by atoms with E-state index < -0.39 is 0 Å². The second kappa shape index (κ2) is 8.82. The van der Waals surface area contributed by atoms with E-state index in [9.17, 15) is 4.79 Å². The second-order valence-corrected chi connectivity index (χ2v) is 6.73. The standard InChI is InChI=1S/C22H27NO2/c1-2-3-16-25-22(24)20-14-15-23(17-20)21(18-10-6-4-7-11-18)19-12-8-5-9-13-19/h4-13,20-21H,2-3,14-17H2,1H3. The molecule has 2 aromatic rings. The zero-order valence-electron chi connectivity index (χ0n) is 14.9. The van der Waals surface area contributed by atoms with Gasteiger partial charge < -0.3 is 4.74 Å². The van der Waals surface area contributed by atoms with Crippen molar-refractivity contribution in [3.8, 4) is 0 Å². The Kier molecular flexibility index (Phi) is 6.24. The third-order valence-electron chi connectivity index (χ3n) is 4.89. The largest absolute Gasteiger partial charge is 0.465 e. The highest BCUT2D eigenvalue weighted by Gasteiger charge is 2.34. The van der Waals surface area contributed by atoms with Gasteiger partial charge in [0, 0.05) is 6.54 Å². The molecule has 0 aromatic heterocycles. The van der Waals surface area contributed by atoms with Crippen molar-refractivity contribution in [1.29, 1.82) is 0 Å². The van der Waals surface area contributed by atoms with E-state index in [1.165, 1.54) is 11.1 Å². The van der Waals surface area contributed by atoms with E-state index in [-0.39, 0.29) is 17.9 Å². The number of unbranched alkanes of at least 4 members (excludes halogenated alkanes) is 1. The fraction of sp³-hybridized carbons (Fsp3) is 0.409. The Labute approximate surface area is 150 Å². The van der Waals surface area contributed by atoms with Crippen LogP contribution in [0.1, 0.15) is 43.4 Å². The van der Waals surface area contributed by atoms with Crippen molar-refractivity contribution < 1.29 is 9.53 Å². The highest BCUT2D eigenvalue weighted by Crippen LogP contribution is 2.33. The van der Waals surface area contributed by atoms with Gasteiger partial charge in [-0.1, -0.05) is 74.0 Å². The number of esters is 1. The van der Waals surface area contributed by atoms with E-state index >= 15 is 0 Å². The number of rotatable bonds is 7. The van der Waals surface area contributed by atoms with Gasteiger partial charge in [0.2, 0.25) is 0 Å². The van der Waals surface area contributed by atoms with Crippen molar-refractivity contribution in [3.05, 3.63) is 71.8 Å². The summed E-state index contributed by atoms with van der Waals surface area (Å²) in [5.74, 6) is -0.0393. The topological polar surface area (TPSA) is 29.5 Å². The Morgan fingerprint density at radius 3 is 2.24 bits per heavy atom. The van der Waals surface area contributed by atoms with E-state index in [2.05, 4.69) is 60.4 Å². The van der Waals surface area contributed by atoms with Gasteiger partial charge in [-0.15, -0.1) is 0 Å². The van der Waals surface area contributed by atoms with Crippen LogP contribution in [-0.2, 0) is 9.53 Å². The first kappa shape index (κ1) is 17.7. The molecule has 1 atom stereocenters. The van der Waals surface area contributed by atoms with Crippen LogP contribution in [0.2, 0.25) is 0 Å². The van der Waals surface area contributed by atoms with E-state index in [4.69, 9.17) is 4.74 Å². The summed E-state index contributed by atoms with van der Waals surface area (Å²) in [6, 6.07) is 21.3. The van der Waals surface area contributed by atoms with Crippen LogP contribution in [0.3, 0.4) is 0 Å². The van der Waals surface area contributed by atoms with Crippen molar-refractivity contribution in [2.75, 3.05) is 19.7 Å². The Bertz CT molecular complexity index is 617. The number of carbonyl (C=O) groups excluding carboxylic acids is 1. The van der Waals surface area contributed by atoms with Gasteiger partial charge in [-0.3, -0.25) is 9.69 Å². The molecule has 0 spiro atoms. The molecule has 3 nitrogen and oxygen atoms in total. The summed E-state index contributed by atoms with van der Waals surface area (Å²) in [5.41, 5.74) is 2.54. The first-order chi connectivity index (χ1) is 12.3. The minimum absolute atomic E-state index is 0.00761. The first-order valence-electron chi connectivity index (χ1n) is 9.30. The Morgan fingerprint density at radius 1 is 1.08 bits per heavy atom. The normalized spacial score (nSPS) is 17.8. The molecular formula is C22H27NO2. The minimum Gasteiger partial charge on any atom is -0.465 e. The number of ether oxygens (including phenoxy) is 1. The maximum absolute atomic E-state index is 12.3. The highest BCUT2D eigenvalue weighted by atomic mass is 16.5. The van der Waals surface area contributed by atoms with E-state index in [1.807, 2.05) is 12.1 Å². The Hall–Kier alpha value is -2.13. The molecule has 0 radical (unpaired) electrons. The third kappa shape index (κ3) is 4.49. The quantitative estimate of drug-likeness (QED) is 0.552. The molecule has 3 heteroatoms. The van der Waals surface area contributed by atoms with Crippen LogP contribution in [0.4, 0.5) is 0 Å². The molecule has 25 heavy (non-hydrogen) atoms. The molecule has 1 fully saturated rings. The predicted molar refractivity (Wildman–Crippen MR) is 100 cm³/mol. The molecule has 132 valence electrons. The van der Waals surface area contributed by atoms with Crippen molar-refractivity contribution in [2.24, 2.45) is 5.92 Å². The lowest BCUT2D eigenvalue weighted by atomic mass is 9.97. The van der Waals surface area contributed by atoms with Crippen LogP contribution in [0.25, 0.3) is 0 Å². The lowest BCUT2D eigenvalue weighted by Crippen LogP contribution is -2.29. The predicted octanol–water partition coefficient (Wildman–Crippen LogP) is 4.44. The molecule has 0 amide bonds. The maximum Gasteiger partial charge on any atom is 0.310 e. The van der Waals surface area contributed by atoms with Gasteiger partial charge in [0.15, 0.2) is 0 Å². The molecule has 1 unspecified atom stereocenters. The van der Waals surface area contributed by atoms with Crippen LogP contribution in [0.15, 0.2) is 60.7 Å². The molecule has 1 aliphatic rings. The minimum atomic E-state index is -0.0316. The third-order valence-corrected chi connectivity index (χ3v) is 4.89. The van der Waals surface area contributed by atoms with Gasteiger partial charge in [0.05, 0.1) is 18.6 Å². The SMILES string of the molecule is CCCCOC(=O)C1CCN(C(c2ccccc2)c2ccccc2)C1. The number of benzene rings is 2. The number of likely N-dealkylation sites (tertiary alicyclic amines) is 1. The molecule has 0 N–H and O–H groups in total. The summed E-state index contributed by atoms with van der Waals surface area (Å²) in [5, 5.41) is 0. The van der Waals surface area contributed by atoms with Crippen molar-refractivity contribution >= 4 is 5.97 Å². The zero-order valence-corrected chi connectivity index (χ0v) is 14.9. The molecule has 0 bridgehead atoms. The molecule has 1 saturated heterocycles. The summed E-state index contributed by atoms with van der Waals surface area (Å²) in [6.07, 6.45) is 2.87. The van der Waals surface area contributed by atoms with Crippen LogP contribution < -0.4 is 0 Å². The first-order valence-corrected chi connectivity index (χ1v) is 9.30. The monoisotopic (exact) mass is 337 g/mol. The molecule has 0 saturated carbocycles. The number of hydrogen-bond acceptors (Lipinski definition) is 3. The van der Waals surface area contributed by atoms with Gasteiger partial charge in [-0.25, -0.2) is 0 Å². The summed E-state index contributed by atoms with van der Waals surface area (Å²) < 4.78 is 5.44. The average Bonchev–Trinajstić information content (AvgIpc) is 3.14. The van der Waals surface area contributed by atoms with Gasteiger partial charge in [-0.2, -0.15) is 0 Å². The summed E-state index contributed by atoms with van der Waals surface area (Å²) >= 11 is 0. The molecular weight excluding hydrogens is 310 g/mol. The Morgan fingerprint density at radius 2 is 1.68 bits per heavy atom. The number of nitrogens with zero attached hydrogens (tertiary/aromatic N) is 1. The van der Waals surface area contributed by atoms with Gasteiger partial charge in [-0.05, 0) is 30.5 Å². The fourth-order valence-electron chi connectivity index (χ4n) is 3.53. The van der Waals surface area contributed by atoms with E-state index in [0.717, 1.165) is 32.4 Å². The van der Waals surface area contributed by atoms with Crippen molar-refractivity contribution in [2.45, 2.75) is 32.2 Å². The fourth-order valence-corrected chi connectivity index (χ4v) is 3.53. The molecule has 3 rings (SSSR count). The van der Waals surface area contributed by atoms with Gasteiger partial charge >= 0.3 is 5.97 Å². The zero-order chi connectivity index (χ0) is 17.5. The van der Waals surface area contributed by atoms with Gasteiger partial charge in [0.25, 0.3) is 0 Å². The summed E-state index contributed by atoms with van der Waals surface area (Å²) in [4.78, 5) is 14.7. The summed E-state index contributed by atoms with van der Waals surface area (Å²) in [6.45, 7) is 4.34. The maximum atomic E-state index is 12.3. The van der Waals surface area contributed by atoms with Crippen LogP contribution in [-0.4, -0.2) is 30.6 Å². The number of carbonyl (C=O) groups is 1. The van der Waals surface area contributed by atoms with Crippen molar-refractivity contribution in [1.82, 2.24) is 4.90 Å². The molecule has 1 heterocycles. The second-order valence-electron chi connectivity index (χ2n) is 6.73. The Balaban J connectivity index is 1.74. The van der Waals surface area contributed by atoms with E-state index in [0.29, 0.717) is 6.61 Å². The van der Waals surface area contributed by atoms with Crippen molar-refractivity contribution in [3.63, 3.8) is 0 Å². The van der Waals surface area contributed by atoms with Crippen LogP contribution >= 0.6 is 0 Å². The van der Waals surface area contributed by atoms with E-state index in [1.54, 1.807) is 0 Å². The number of hydrogen-bond donors (Lipinski definition) is 0. The highest BCUT2D eigenvalue weighted by molar-refractivity contribution is 5.73. The smallest absolute Gasteiger partial charge is 0.310 e. The van der Waals surface area contributed by atoms with Crippen LogP contribution in [0, 0.1) is 5.92 Å². The molecule has 2 aromatic carbocycles. The lowest BCUT2D eigenvalue weighted by Gasteiger charge is -2.28. The summed E-state index contributed by atoms with van der Waals surface area (Å²) in [7, 11) is 0. The average molecular weight is 337 g/mol. The molecule has 0 aliphatic carbocycles. The molecule has 1 aliphatic heterocycles. The van der Waals surface area contributed by atoms with Crippen LogP contribution in [0.5, 0.6) is 0 Å². The van der Waals surface area contributed by atoms with Gasteiger partial charge in [0.1, 0.15) is 0 Å². The lowest BCUT2D eigenvalue weighted by molar-refractivity contribution is -0.148.